The van der Waals surface area contributed by atoms with Crippen LogP contribution in [-0.4, -0.2) is 26.0 Å². The molecular weight excluding hydrogens is 337 g/mol. The zero-order chi connectivity index (χ0) is 18.0. The smallest absolute Gasteiger partial charge is 0.378 e. The SMILES string of the molecule is O=C(NCc1cn(C2CCC2)nn1)C(O)c1cccc(C(F)(F)F)c1. The number of aliphatic hydroxyl groups is 1. The van der Waals surface area contributed by atoms with E-state index in [1.807, 2.05) is 0 Å². The van der Waals surface area contributed by atoms with Gasteiger partial charge in [0.1, 0.15) is 5.69 Å². The molecular formula is C16H17F3N4O2. The normalized spacial score (nSPS) is 16.3. The van der Waals surface area contributed by atoms with Gasteiger partial charge in [-0.25, -0.2) is 4.68 Å². The predicted molar refractivity (Wildman–Crippen MR) is 81.2 cm³/mol. The van der Waals surface area contributed by atoms with Crippen molar-refractivity contribution in [1.29, 1.82) is 0 Å². The summed E-state index contributed by atoms with van der Waals surface area (Å²) in [5.74, 6) is -0.794. The van der Waals surface area contributed by atoms with Crippen molar-refractivity contribution >= 4 is 5.91 Å². The lowest BCUT2D eigenvalue weighted by Gasteiger charge is -2.24. The molecule has 6 nitrogen and oxygen atoms in total. The van der Waals surface area contributed by atoms with Gasteiger partial charge in [-0.3, -0.25) is 4.79 Å². The van der Waals surface area contributed by atoms with Crippen molar-refractivity contribution in [3.63, 3.8) is 0 Å². The molecule has 3 rings (SSSR count). The zero-order valence-electron chi connectivity index (χ0n) is 13.2. The average Bonchev–Trinajstić information content (AvgIpc) is 2.98. The van der Waals surface area contributed by atoms with Crippen LogP contribution in [0.2, 0.25) is 0 Å². The number of hydrogen-bond acceptors (Lipinski definition) is 4. The Bertz CT molecular complexity index is 756. The Morgan fingerprint density at radius 3 is 2.80 bits per heavy atom. The van der Waals surface area contributed by atoms with Crippen LogP contribution in [0.25, 0.3) is 0 Å². The summed E-state index contributed by atoms with van der Waals surface area (Å²) in [4.78, 5) is 12.0. The Balaban J connectivity index is 1.60. The van der Waals surface area contributed by atoms with E-state index in [9.17, 15) is 23.1 Å². The molecule has 1 aliphatic rings. The zero-order valence-corrected chi connectivity index (χ0v) is 13.2. The van der Waals surface area contributed by atoms with E-state index in [4.69, 9.17) is 0 Å². The Hall–Kier alpha value is -2.42. The number of benzene rings is 1. The number of aliphatic hydroxyl groups excluding tert-OH is 1. The molecule has 0 bridgehead atoms. The van der Waals surface area contributed by atoms with E-state index >= 15 is 0 Å². The number of aromatic nitrogens is 3. The Morgan fingerprint density at radius 1 is 1.40 bits per heavy atom. The molecule has 1 aromatic carbocycles. The van der Waals surface area contributed by atoms with Gasteiger partial charge in [0.05, 0.1) is 24.3 Å². The molecule has 0 saturated heterocycles. The van der Waals surface area contributed by atoms with Gasteiger partial charge in [-0.05, 0) is 37.0 Å². The molecule has 25 heavy (non-hydrogen) atoms. The summed E-state index contributed by atoms with van der Waals surface area (Å²) in [6.45, 7) is 0.0432. The third-order valence-corrected chi connectivity index (χ3v) is 4.23. The second kappa shape index (κ2) is 6.83. The maximum absolute atomic E-state index is 12.7. The van der Waals surface area contributed by atoms with E-state index in [2.05, 4.69) is 15.6 Å². The van der Waals surface area contributed by atoms with E-state index in [-0.39, 0.29) is 12.1 Å². The number of carbonyl (C=O) groups excluding carboxylic acids is 1. The van der Waals surface area contributed by atoms with E-state index in [1.54, 1.807) is 10.9 Å². The largest absolute Gasteiger partial charge is 0.416 e. The molecule has 1 unspecified atom stereocenters. The van der Waals surface area contributed by atoms with E-state index < -0.39 is 23.8 Å². The van der Waals surface area contributed by atoms with Gasteiger partial charge in [-0.1, -0.05) is 17.3 Å². The van der Waals surface area contributed by atoms with Crippen LogP contribution in [0.3, 0.4) is 0 Å². The second-order valence-electron chi connectivity index (χ2n) is 6.02. The minimum atomic E-state index is -4.54. The molecule has 1 aromatic heterocycles. The summed E-state index contributed by atoms with van der Waals surface area (Å²) < 4.78 is 39.9. The van der Waals surface area contributed by atoms with E-state index in [1.165, 1.54) is 6.07 Å². The molecule has 9 heteroatoms. The lowest BCUT2D eigenvalue weighted by atomic mass is 9.93. The second-order valence-corrected chi connectivity index (χ2v) is 6.02. The van der Waals surface area contributed by atoms with Crippen molar-refractivity contribution in [3.8, 4) is 0 Å². The lowest BCUT2D eigenvalue weighted by Crippen LogP contribution is -2.29. The Morgan fingerprint density at radius 2 is 2.16 bits per heavy atom. The molecule has 1 atom stereocenters. The molecule has 1 aliphatic carbocycles. The standard InChI is InChI=1S/C16H17F3N4O2/c17-16(18,19)11-4-1-3-10(7-11)14(24)15(25)20-8-12-9-23(22-21-12)13-5-2-6-13/h1,3-4,7,9,13-14,24H,2,5-6,8H2,(H,20,25). The average molecular weight is 354 g/mol. The summed E-state index contributed by atoms with van der Waals surface area (Å²) in [7, 11) is 0. The number of nitrogens with one attached hydrogen (secondary N) is 1. The molecule has 1 amide bonds. The maximum Gasteiger partial charge on any atom is 0.416 e. The fourth-order valence-electron chi connectivity index (χ4n) is 2.53. The van der Waals surface area contributed by atoms with Crippen molar-refractivity contribution < 1.29 is 23.1 Å². The van der Waals surface area contributed by atoms with Gasteiger partial charge in [-0.15, -0.1) is 5.10 Å². The van der Waals surface area contributed by atoms with Crippen LogP contribution < -0.4 is 5.32 Å². The van der Waals surface area contributed by atoms with Crippen LogP contribution in [-0.2, 0) is 17.5 Å². The lowest BCUT2D eigenvalue weighted by molar-refractivity contribution is -0.138. The predicted octanol–water partition coefficient (Wildman–Crippen LogP) is 2.37. The van der Waals surface area contributed by atoms with Crippen molar-refractivity contribution in [2.45, 2.75) is 44.1 Å². The molecule has 0 aliphatic heterocycles. The first kappa shape index (κ1) is 17.4. The quantitative estimate of drug-likeness (QED) is 0.864. The highest BCUT2D eigenvalue weighted by Gasteiger charge is 2.31. The summed E-state index contributed by atoms with van der Waals surface area (Å²) in [6, 6.07) is 4.41. The van der Waals surface area contributed by atoms with E-state index in [0.717, 1.165) is 37.5 Å². The van der Waals surface area contributed by atoms with Crippen LogP contribution in [0.1, 0.15) is 48.2 Å². The number of rotatable bonds is 5. The molecule has 0 spiro atoms. The van der Waals surface area contributed by atoms with Gasteiger partial charge < -0.3 is 10.4 Å². The minimum absolute atomic E-state index is 0.0432. The van der Waals surface area contributed by atoms with Crippen molar-refractivity contribution in [2.24, 2.45) is 0 Å². The van der Waals surface area contributed by atoms with Crippen LogP contribution in [0.4, 0.5) is 13.2 Å². The summed E-state index contributed by atoms with van der Waals surface area (Å²) in [6.07, 6.45) is -1.26. The molecule has 2 N–H and O–H groups in total. The fourth-order valence-corrected chi connectivity index (χ4v) is 2.53. The van der Waals surface area contributed by atoms with Gasteiger partial charge in [0.15, 0.2) is 6.10 Å². The van der Waals surface area contributed by atoms with Crippen molar-refractivity contribution in [2.75, 3.05) is 0 Å². The first-order valence-electron chi connectivity index (χ1n) is 7.88. The van der Waals surface area contributed by atoms with Gasteiger partial charge in [0, 0.05) is 0 Å². The minimum Gasteiger partial charge on any atom is -0.378 e. The van der Waals surface area contributed by atoms with E-state index in [0.29, 0.717) is 11.7 Å². The fraction of sp³-hybridized carbons (Fsp3) is 0.438. The van der Waals surface area contributed by atoms with Crippen LogP contribution >= 0.6 is 0 Å². The number of alkyl halides is 3. The van der Waals surface area contributed by atoms with Crippen LogP contribution in [0, 0.1) is 0 Å². The highest BCUT2D eigenvalue weighted by atomic mass is 19.4. The first-order valence-corrected chi connectivity index (χ1v) is 7.88. The van der Waals surface area contributed by atoms with Gasteiger partial charge >= 0.3 is 6.18 Å². The van der Waals surface area contributed by atoms with Crippen LogP contribution in [0.15, 0.2) is 30.5 Å². The summed E-state index contributed by atoms with van der Waals surface area (Å²) in [5, 5.41) is 20.4. The molecule has 2 aromatic rings. The molecule has 0 radical (unpaired) electrons. The number of halogens is 3. The van der Waals surface area contributed by atoms with Crippen molar-refractivity contribution in [3.05, 3.63) is 47.3 Å². The third kappa shape index (κ3) is 3.98. The van der Waals surface area contributed by atoms with Gasteiger partial charge in [0.25, 0.3) is 5.91 Å². The number of hydrogen-bond donors (Lipinski definition) is 2. The highest BCUT2D eigenvalue weighted by molar-refractivity contribution is 5.81. The third-order valence-electron chi connectivity index (χ3n) is 4.23. The van der Waals surface area contributed by atoms with Crippen molar-refractivity contribution in [1.82, 2.24) is 20.3 Å². The highest BCUT2D eigenvalue weighted by Crippen LogP contribution is 2.31. The molecule has 134 valence electrons. The molecule has 1 saturated carbocycles. The number of amides is 1. The maximum atomic E-state index is 12.7. The monoisotopic (exact) mass is 354 g/mol. The number of carbonyl (C=O) groups is 1. The number of nitrogens with zero attached hydrogens (tertiary/aromatic N) is 3. The van der Waals surface area contributed by atoms with Gasteiger partial charge in [-0.2, -0.15) is 13.2 Å². The topological polar surface area (TPSA) is 80.0 Å². The molecule has 1 heterocycles. The summed E-state index contributed by atoms with van der Waals surface area (Å²) >= 11 is 0. The first-order chi connectivity index (χ1) is 11.8. The van der Waals surface area contributed by atoms with Gasteiger partial charge in [0.2, 0.25) is 0 Å². The van der Waals surface area contributed by atoms with Crippen LogP contribution in [0.5, 0.6) is 0 Å². The summed E-state index contributed by atoms with van der Waals surface area (Å²) in [5.41, 5.74) is -0.512. The molecule has 1 fully saturated rings. The Labute approximate surface area is 141 Å². The Kier molecular flexibility index (Phi) is 4.76.